The number of ether oxygens (including phenoxy) is 3. The molecule has 3 aliphatic rings. The molecule has 5 nitrogen and oxygen atoms in total. The molecule has 0 fully saturated rings. The molecule has 0 aromatic heterocycles. The lowest BCUT2D eigenvalue weighted by atomic mass is 9.65. The Morgan fingerprint density at radius 1 is 1.00 bits per heavy atom. The minimum atomic E-state index is -0.477. The Kier molecular flexibility index (Phi) is 6.58. The van der Waals surface area contributed by atoms with Gasteiger partial charge in [0.1, 0.15) is 18.1 Å². The van der Waals surface area contributed by atoms with Crippen molar-refractivity contribution in [3.05, 3.63) is 57.5 Å². The summed E-state index contributed by atoms with van der Waals surface area (Å²) in [6.45, 7) is 14.8. The third-order valence-electron chi connectivity index (χ3n) is 6.59. The Bertz CT molecular complexity index is 1070. The number of carbonyl (C=O) groups is 2. The quantitative estimate of drug-likeness (QED) is 0.379. The normalized spacial score (nSPS) is 21.6. The maximum Gasteiger partial charge on any atom is 0.175 e. The number of carbonyl (C=O) groups excluding carboxylic acids is 2. The van der Waals surface area contributed by atoms with Crippen molar-refractivity contribution in [3.8, 4) is 11.5 Å². The van der Waals surface area contributed by atoms with Crippen LogP contribution in [-0.2, 0) is 14.3 Å². The van der Waals surface area contributed by atoms with Crippen molar-refractivity contribution in [2.75, 3.05) is 13.2 Å². The molecule has 1 aromatic carbocycles. The van der Waals surface area contributed by atoms with E-state index in [1.807, 2.05) is 19.1 Å². The SMILES string of the molecule is C=CCOc1c(Br)cc(C2C3=C(CC(C)(C)CC3=O)OC3=C2C(=O)CC(C)(C)C3)cc1OCC. The largest absolute Gasteiger partial charge is 0.490 e. The molecule has 0 amide bonds. The minimum absolute atomic E-state index is 0.0431. The van der Waals surface area contributed by atoms with Crippen LogP contribution >= 0.6 is 15.9 Å². The van der Waals surface area contributed by atoms with E-state index in [9.17, 15) is 9.59 Å². The van der Waals surface area contributed by atoms with Crippen molar-refractivity contribution in [1.29, 1.82) is 0 Å². The summed E-state index contributed by atoms with van der Waals surface area (Å²) < 4.78 is 18.9. The fraction of sp³-hybridized carbons (Fsp3) is 0.500. The molecule has 1 heterocycles. The summed E-state index contributed by atoms with van der Waals surface area (Å²) in [6.07, 6.45) is 3.85. The van der Waals surface area contributed by atoms with E-state index in [1.54, 1.807) is 6.08 Å². The molecule has 182 valence electrons. The van der Waals surface area contributed by atoms with E-state index in [2.05, 4.69) is 50.2 Å². The molecule has 34 heavy (non-hydrogen) atoms. The fourth-order valence-corrected chi connectivity index (χ4v) is 5.88. The number of benzene rings is 1. The van der Waals surface area contributed by atoms with Gasteiger partial charge >= 0.3 is 0 Å². The van der Waals surface area contributed by atoms with Crippen LogP contribution in [0.2, 0.25) is 0 Å². The van der Waals surface area contributed by atoms with E-state index in [0.717, 1.165) is 5.56 Å². The number of hydrogen-bond acceptors (Lipinski definition) is 5. The molecule has 0 unspecified atom stereocenters. The van der Waals surface area contributed by atoms with Gasteiger partial charge in [-0.2, -0.15) is 0 Å². The van der Waals surface area contributed by atoms with Gasteiger partial charge in [-0.15, -0.1) is 0 Å². The zero-order valence-corrected chi connectivity index (χ0v) is 22.3. The van der Waals surface area contributed by atoms with E-state index in [0.29, 0.717) is 77.5 Å². The van der Waals surface area contributed by atoms with E-state index in [4.69, 9.17) is 14.2 Å². The van der Waals surface area contributed by atoms with Crippen molar-refractivity contribution >= 4 is 27.5 Å². The average molecular weight is 529 g/mol. The maximum atomic E-state index is 13.5. The Morgan fingerprint density at radius 2 is 1.56 bits per heavy atom. The van der Waals surface area contributed by atoms with Gasteiger partial charge in [-0.25, -0.2) is 0 Å². The fourth-order valence-electron chi connectivity index (χ4n) is 5.31. The van der Waals surface area contributed by atoms with Crippen molar-refractivity contribution in [2.24, 2.45) is 10.8 Å². The summed E-state index contributed by atoms with van der Waals surface area (Å²) in [5.74, 6) is 2.16. The second-order valence-corrected chi connectivity index (χ2v) is 11.8. The van der Waals surface area contributed by atoms with Crippen LogP contribution < -0.4 is 9.47 Å². The van der Waals surface area contributed by atoms with Crippen molar-refractivity contribution < 1.29 is 23.8 Å². The molecule has 0 saturated carbocycles. The molecule has 0 radical (unpaired) electrons. The van der Waals surface area contributed by atoms with Crippen LogP contribution in [0.1, 0.15) is 71.8 Å². The van der Waals surface area contributed by atoms with Crippen molar-refractivity contribution in [3.63, 3.8) is 0 Å². The molecular weight excluding hydrogens is 496 g/mol. The topological polar surface area (TPSA) is 61.8 Å². The van der Waals surface area contributed by atoms with Gasteiger partial charge in [0.05, 0.1) is 11.1 Å². The summed E-state index contributed by atoms with van der Waals surface area (Å²) in [7, 11) is 0. The summed E-state index contributed by atoms with van der Waals surface area (Å²) in [5.41, 5.74) is 1.67. The molecule has 6 heteroatoms. The maximum absolute atomic E-state index is 13.5. The van der Waals surface area contributed by atoms with Gasteiger partial charge < -0.3 is 14.2 Å². The van der Waals surface area contributed by atoms with Gasteiger partial charge in [-0.05, 0) is 51.4 Å². The zero-order chi connectivity index (χ0) is 24.8. The first-order valence-electron chi connectivity index (χ1n) is 11.9. The van der Waals surface area contributed by atoms with Gasteiger partial charge in [0.25, 0.3) is 0 Å². The standard InChI is InChI=1S/C28H33BrO5/c1-7-9-33-26-17(29)10-16(11-20(26)32-8-2)23-24-18(30)12-27(3,4)14-21(24)34-22-15-28(5,6)13-19(31)25(22)23/h7,10-11,23H,1,8-9,12-15H2,2-6H3. The predicted molar refractivity (Wildman–Crippen MR) is 135 cm³/mol. The van der Waals surface area contributed by atoms with Crippen molar-refractivity contribution in [2.45, 2.75) is 66.2 Å². The van der Waals surface area contributed by atoms with Gasteiger partial charge in [-0.3, -0.25) is 9.59 Å². The molecule has 0 atom stereocenters. The first kappa shape index (κ1) is 24.8. The highest BCUT2D eigenvalue weighted by Crippen LogP contribution is 2.54. The Balaban J connectivity index is 1.92. The number of ketones is 2. The molecule has 0 N–H and O–H groups in total. The molecular formula is C28H33BrO5. The summed E-state index contributed by atoms with van der Waals surface area (Å²) in [6, 6.07) is 3.84. The van der Waals surface area contributed by atoms with Crippen LogP contribution in [0.5, 0.6) is 11.5 Å². The van der Waals surface area contributed by atoms with E-state index in [1.165, 1.54) is 0 Å². The lowest BCUT2D eigenvalue weighted by Crippen LogP contribution is -2.37. The zero-order valence-electron chi connectivity index (χ0n) is 20.7. The minimum Gasteiger partial charge on any atom is -0.490 e. The number of hydrogen-bond donors (Lipinski definition) is 0. The smallest absolute Gasteiger partial charge is 0.175 e. The molecule has 0 bridgehead atoms. The molecule has 4 rings (SSSR count). The number of allylic oxidation sites excluding steroid dienone is 4. The molecule has 0 spiro atoms. The molecule has 1 aliphatic heterocycles. The van der Waals surface area contributed by atoms with Gasteiger partial charge in [0.2, 0.25) is 0 Å². The van der Waals surface area contributed by atoms with Crippen LogP contribution in [0.3, 0.4) is 0 Å². The number of rotatable bonds is 6. The summed E-state index contributed by atoms with van der Waals surface area (Å²) >= 11 is 3.63. The highest BCUT2D eigenvalue weighted by molar-refractivity contribution is 9.10. The highest BCUT2D eigenvalue weighted by atomic mass is 79.9. The lowest BCUT2D eigenvalue weighted by Gasteiger charge is -2.42. The van der Waals surface area contributed by atoms with Crippen LogP contribution in [0.15, 0.2) is 51.9 Å². The predicted octanol–water partition coefficient (Wildman–Crippen LogP) is 6.81. The summed E-state index contributed by atoms with van der Waals surface area (Å²) in [4.78, 5) is 27.0. The van der Waals surface area contributed by atoms with Crippen molar-refractivity contribution in [1.82, 2.24) is 0 Å². The highest BCUT2D eigenvalue weighted by Gasteiger charge is 2.48. The van der Waals surface area contributed by atoms with E-state index >= 15 is 0 Å². The Morgan fingerprint density at radius 3 is 2.06 bits per heavy atom. The van der Waals surface area contributed by atoms with Crippen LogP contribution in [0.4, 0.5) is 0 Å². The first-order chi connectivity index (χ1) is 16.0. The Hall–Kier alpha value is -2.34. The van der Waals surface area contributed by atoms with Crippen LogP contribution in [0, 0.1) is 10.8 Å². The molecule has 0 saturated heterocycles. The van der Waals surface area contributed by atoms with E-state index < -0.39 is 5.92 Å². The van der Waals surface area contributed by atoms with Gasteiger partial charge in [0, 0.05) is 42.7 Å². The third-order valence-corrected chi connectivity index (χ3v) is 7.18. The Labute approximate surface area is 210 Å². The first-order valence-corrected chi connectivity index (χ1v) is 12.7. The second kappa shape index (κ2) is 9.03. The number of halogens is 1. The number of Topliss-reactive ketones (excluding diaryl/α,β-unsaturated/α-hetero) is 2. The lowest BCUT2D eigenvalue weighted by molar-refractivity contribution is -0.120. The summed E-state index contributed by atoms with van der Waals surface area (Å²) in [5, 5.41) is 0. The van der Waals surface area contributed by atoms with Gasteiger partial charge in [-0.1, -0.05) is 40.3 Å². The second-order valence-electron chi connectivity index (χ2n) is 11.0. The van der Waals surface area contributed by atoms with Crippen LogP contribution in [0.25, 0.3) is 0 Å². The average Bonchev–Trinajstić information content (AvgIpc) is 2.70. The third kappa shape index (κ3) is 4.61. The van der Waals surface area contributed by atoms with Gasteiger partial charge in [0.15, 0.2) is 23.1 Å². The monoisotopic (exact) mass is 528 g/mol. The molecule has 2 aliphatic carbocycles. The van der Waals surface area contributed by atoms with Crippen LogP contribution in [-0.4, -0.2) is 24.8 Å². The molecule has 1 aromatic rings. The van der Waals surface area contributed by atoms with E-state index in [-0.39, 0.29) is 22.4 Å².